The molecule has 2 aromatic heterocycles. The second-order valence-corrected chi connectivity index (χ2v) is 9.03. The first-order chi connectivity index (χ1) is 12.3. The van der Waals surface area contributed by atoms with Gasteiger partial charge in [-0.1, -0.05) is 0 Å². The molecular weight excluding hydrogens is 479 g/mol. The number of nitrogens with one attached hydrogen (secondary N) is 2. The third-order valence-electron chi connectivity index (χ3n) is 3.87. The average Bonchev–Trinajstić information content (AvgIpc) is 3.33. The first-order valence-electron chi connectivity index (χ1n) is 7.62. The number of aromatic nitrogens is 3. The van der Waals surface area contributed by atoms with Crippen molar-refractivity contribution in [2.24, 2.45) is 0 Å². The number of hydrogen-bond donors (Lipinski definition) is 2. The summed E-state index contributed by atoms with van der Waals surface area (Å²) >= 11 is 1.95. The molecule has 136 valence electrons. The summed E-state index contributed by atoms with van der Waals surface area (Å²) in [7, 11) is -3.68. The predicted molar refractivity (Wildman–Crippen MR) is 101 cm³/mol. The lowest BCUT2D eigenvalue weighted by atomic mass is 10.3. The minimum atomic E-state index is -3.68. The maximum Gasteiger partial charge on any atom is 0.243 e. The smallest absolute Gasteiger partial charge is 0.243 e. The van der Waals surface area contributed by atoms with Gasteiger partial charge in [-0.25, -0.2) is 17.8 Å². The molecule has 0 amide bonds. The fraction of sp³-hybridized carbons (Fsp3) is 0.200. The van der Waals surface area contributed by atoms with Crippen molar-refractivity contribution in [3.05, 3.63) is 45.8 Å². The summed E-state index contributed by atoms with van der Waals surface area (Å²) in [6.45, 7) is 0. The molecule has 4 rings (SSSR count). The summed E-state index contributed by atoms with van der Waals surface area (Å²) in [4.78, 5) is 4.12. The Morgan fingerprint density at radius 2 is 2.00 bits per heavy atom. The van der Waals surface area contributed by atoms with Gasteiger partial charge in [0, 0.05) is 9.64 Å². The van der Waals surface area contributed by atoms with Crippen molar-refractivity contribution in [1.82, 2.24) is 14.6 Å². The van der Waals surface area contributed by atoms with Crippen LogP contribution < -0.4 is 10.0 Å². The molecule has 1 fully saturated rings. The van der Waals surface area contributed by atoms with Gasteiger partial charge in [-0.3, -0.25) is 4.72 Å². The number of halogens is 3. The van der Waals surface area contributed by atoms with Gasteiger partial charge in [-0.15, -0.1) is 0 Å². The second kappa shape index (κ2) is 6.30. The highest BCUT2D eigenvalue weighted by molar-refractivity contribution is 14.1. The minimum absolute atomic E-state index is 0.00973. The monoisotopic (exact) mass is 491 g/mol. The fourth-order valence-electron chi connectivity index (χ4n) is 2.41. The lowest BCUT2D eigenvalue weighted by Crippen LogP contribution is -2.20. The Bertz CT molecular complexity index is 1110. The zero-order valence-corrected chi connectivity index (χ0v) is 16.1. The summed E-state index contributed by atoms with van der Waals surface area (Å²) in [5.74, 6) is -1.72. The van der Waals surface area contributed by atoms with Crippen LogP contribution >= 0.6 is 22.6 Å². The van der Waals surface area contributed by atoms with E-state index in [1.54, 1.807) is 6.07 Å². The zero-order chi connectivity index (χ0) is 18.5. The van der Waals surface area contributed by atoms with Gasteiger partial charge in [0.05, 0.1) is 17.1 Å². The van der Waals surface area contributed by atoms with Gasteiger partial charge < -0.3 is 5.32 Å². The molecule has 7 nitrogen and oxygen atoms in total. The molecule has 3 aromatic rings. The van der Waals surface area contributed by atoms with Crippen LogP contribution in [-0.4, -0.2) is 28.3 Å². The highest BCUT2D eigenvalue weighted by Gasteiger charge is 2.37. The third kappa shape index (κ3) is 3.20. The van der Waals surface area contributed by atoms with Crippen LogP contribution in [0.3, 0.4) is 0 Å². The number of benzene rings is 1. The molecule has 1 aliphatic rings. The predicted octanol–water partition coefficient (Wildman–Crippen LogP) is 3.26. The van der Waals surface area contributed by atoms with Crippen LogP contribution in [0.1, 0.15) is 12.8 Å². The lowest BCUT2D eigenvalue weighted by Gasteiger charge is -2.15. The first-order valence-corrected chi connectivity index (χ1v) is 10.2. The third-order valence-corrected chi connectivity index (χ3v) is 6.37. The molecule has 1 aromatic carbocycles. The Kier molecular flexibility index (Phi) is 4.22. The lowest BCUT2D eigenvalue weighted by molar-refractivity contribution is 0.546. The van der Waals surface area contributed by atoms with Crippen LogP contribution in [-0.2, 0) is 10.0 Å². The summed E-state index contributed by atoms with van der Waals surface area (Å²) in [6.07, 6.45) is 2.42. The molecule has 0 bridgehead atoms. The number of hydrogen-bond acceptors (Lipinski definition) is 5. The number of rotatable bonds is 5. The van der Waals surface area contributed by atoms with E-state index in [4.69, 9.17) is 0 Å². The Labute approximate surface area is 161 Å². The van der Waals surface area contributed by atoms with Crippen molar-refractivity contribution in [3.63, 3.8) is 0 Å². The van der Waals surface area contributed by atoms with Gasteiger partial charge in [0.15, 0.2) is 11.5 Å². The van der Waals surface area contributed by atoms with Crippen LogP contribution in [0.2, 0.25) is 0 Å². The quantitative estimate of drug-likeness (QED) is 0.423. The normalized spacial score (nSPS) is 14.6. The molecule has 26 heavy (non-hydrogen) atoms. The standard InChI is InChI=1S/C15H12F2IN5O2S/c16-10-7-8(18)1-4-11(10)20-13-14(17)23-12(5-6-19-23)21-15(13)22-26(24,25)9-2-3-9/h1,4-7,9,20H,2-3H2,(H,21,22). The molecule has 0 radical (unpaired) electrons. The maximum atomic E-state index is 14.9. The van der Waals surface area contributed by atoms with E-state index in [0.717, 1.165) is 4.52 Å². The Morgan fingerprint density at radius 3 is 2.69 bits per heavy atom. The molecule has 0 spiro atoms. The van der Waals surface area contributed by atoms with Crippen molar-refractivity contribution in [3.8, 4) is 0 Å². The molecule has 0 saturated heterocycles. The van der Waals surface area contributed by atoms with Crippen LogP contribution in [0.25, 0.3) is 5.65 Å². The molecule has 2 heterocycles. The van der Waals surface area contributed by atoms with Gasteiger partial charge in [0.1, 0.15) is 11.5 Å². The Morgan fingerprint density at radius 1 is 1.23 bits per heavy atom. The van der Waals surface area contributed by atoms with Gasteiger partial charge in [-0.2, -0.15) is 14.0 Å². The summed E-state index contributed by atoms with van der Waals surface area (Å²) in [5, 5.41) is 5.89. The molecule has 2 N–H and O–H groups in total. The largest absolute Gasteiger partial charge is 0.346 e. The molecule has 1 saturated carbocycles. The van der Waals surface area contributed by atoms with Gasteiger partial charge in [0.25, 0.3) is 0 Å². The number of fused-ring (bicyclic) bond motifs is 1. The highest BCUT2D eigenvalue weighted by Crippen LogP contribution is 2.34. The maximum absolute atomic E-state index is 14.9. The van der Waals surface area contributed by atoms with Crippen LogP contribution in [0, 0.1) is 15.3 Å². The summed E-state index contributed by atoms with van der Waals surface area (Å²) < 4.78 is 57.5. The molecular formula is C15H12F2IN5O2S. The topological polar surface area (TPSA) is 88.4 Å². The van der Waals surface area contributed by atoms with Crippen molar-refractivity contribution in [2.75, 3.05) is 10.0 Å². The fourth-order valence-corrected chi connectivity index (χ4v) is 4.21. The summed E-state index contributed by atoms with van der Waals surface area (Å²) in [5.41, 5.74) is -0.181. The van der Waals surface area contributed by atoms with Crippen LogP contribution in [0.15, 0.2) is 30.5 Å². The van der Waals surface area contributed by atoms with Gasteiger partial charge in [0.2, 0.25) is 16.0 Å². The Hall–Kier alpha value is -2.02. The van der Waals surface area contributed by atoms with E-state index in [1.807, 2.05) is 22.6 Å². The van der Waals surface area contributed by atoms with Gasteiger partial charge in [-0.05, 0) is 53.6 Å². The molecule has 0 unspecified atom stereocenters. The molecule has 11 heteroatoms. The molecule has 0 atom stereocenters. The van der Waals surface area contributed by atoms with Crippen LogP contribution in [0.4, 0.5) is 26.0 Å². The first kappa shape index (κ1) is 17.4. The average molecular weight is 491 g/mol. The second-order valence-electron chi connectivity index (χ2n) is 5.82. The highest BCUT2D eigenvalue weighted by atomic mass is 127. The van der Waals surface area contributed by atoms with Crippen molar-refractivity contribution in [2.45, 2.75) is 18.1 Å². The van der Waals surface area contributed by atoms with Gasteiger partial charge >= 0.3 is 0 Å². The number of anilines is 3. The number of sulfonamides is 1. The van der Waals surface area contributed by atoms with E-state index in [0.29, 0.717) is 16.4 Å². The summed E-state index contributed by atoms with van der Waals surface area (Å²) in [6, 6.07) is 5.78. The van der Waals surface area contributed by atoms with E-state index >= 15 is 0 Å². The SMILES string of the molecule is O=S(=O)(Nc1nc2ccnn2c(F)c1Nc1ccc(I)cc1F)C1CC1. The number of nitrogens with zero attached hydrogens (tertiary/aromatic N) is 3. The van der Waals surface area contributed by atoms with E-state index in [1.165, 1.54) is 24.4 Å². The molecule has 1 aliphatic carbocycles. The molecule has 0 aliphatic heterocycles. The van der Waals surface area contributed by atoms with Crippen LogP contribution in [0.5, 0.6) is 0 Å². The minimum Gasteiger partial charge on any atom is -0.346 e. The van der Waals surface area contributed by atoms with Crippen molar-refractivity contribution < 1.29 is 17.2 Å². The zero-order valence-electron chi connectivity index (χ0n) is 13.1. The van der Waals surface area contributed by atoms with E-state index < -0.39 is 27.0 Å². The van der Waals surface area contributed by atoms with E-state index in [2.05, 4.69) is 20.1 Å². The van der Waals surface area contributed by atoms with E-state index in [9.17, 15) is 17.2 Å². The van der Waals surface area contributed by atoms with Crippen molar-refractivity contribution in [1.29, 1.82) is 0 Å². The Balaban J connectivity index is 1.82. The van der Waals surface area contributed by atoms with Crippen molar-refractivity contribution >= 4 is 55.5 Å². The van der Waals surface area contributed by atoms with E-state index in [-0.39, 0.29) is 22.8 Å².